The predicted octanol–water partition coefficient (Wildman–Crippen LogP) is 1.05. The number of rotatable bonds is 3. The molecule has 0 N–H and O–H groups in total. The van der Waals surface area contributed by atoms with Crippen LogP contribution in [0.1, 0.15) is 24.3 Å². The van der Waals surface area contributed by atoms with Crippen molar-refractivity contribution >= 4 is 5.91 Å². The van der Waals surface area contributed by atoms with Crippen LogP contribution in [-0.4, -0.2) is 60.3 Å². The number of likely N-dealkylation sites (tertiary alicyclic amines) is 1. The van der Waals surface area contributed by atoms with Crippen molar-refractivity contribution in [2.75, 3.05) is 27.2 Å². The highest BCUT2D eigenvalue weighted by molar-refractivity contribution is 5.80. The third-order valence-electron chi connectivity index (χ3n) is 4.41. The van der Waals surface area contributed by atoms with Crippen LogP contribution in [0.5, 0.6) is 0 Å². The summed E-state index contributed by atoms with van der Waals surface area (Å²) in [6.45, 7) is 4.59. The lowest BCUT2D eigenvalue weighted by Gasteiger charge is -2.33. The van der Waals surface area contributed by atoms with Gasteiger partial charge in [0.1, 0.15) is 11.9 Å². The highest BCUT2D eigenvalue weighted by Gasteiger charge is 2.42. The number of ether oxygens (including phenoxy) is 1. The van der Waals surface area contributed by atoms with Crippen molar-refractivity contribution in [1.29, 1.82) is 0 Å². The molecule has 6 heteroatoms. The molecule has 1 aromatic rings. The Hall–Kier alpha value is -1.40. The van der Waals surface area contributed by atoms with Crippen LogP contribution < -0.4 is 0 Å². The molecule has 2 aliphatic rings. The van der Waals surface area contributed by atoms with Crippen LogP contribution in [0.4, 0.5) is 0 Å². The van der Waals surface area contributed by atoms with Gasteiger partial charge in [0, 0.05) is 33.3 Å². The number of hydrogen-bond donors (Lipinski definition) is 0. The fourth-order valence-corrected chi connectivity index (χ4v) is 3.31. The van der Waals surface area contributed by atoms with Crippen molar-refractivity contribution in [3.05, 3.63) is 17.5 Å². The quantitative estimate of drug-likeness (QED) is 0.834. The summed E-state index contributed by atoms with van der Waals surface area (Å²) in [6, 6.07) is 1.97. The second kappa shape index (κ2) is 5.77. The Bertz CT molecular complexity index is 514. The average Bonchev–Trinajstić information content (AvgIpc) is 3.03. The summed E-state index contributed by atoms with van der Waals surface area (Å²) in [5.74, 6) is 1.44. The maximum Gasteiger partial charge on any atom is 0.251 e. The number of carbonyl (C=O) groups is 1. The molecule has 6 nitrogen and oxygen atoms in total. The maximum absolute atomic E-state index is 12.0. The molecule has 21 heavy (non-hydrogen) atoms. The Morgan fingerprint density at radius 2 is 2.33 bits per heavy atom. The Balaban J connectivity index is 1.57. The molecule has 0 unspecified atom stereocenters. The highest BCUT2D eigenvalue weighted by atomic mass is 16.5. The first-order valence-electron chi connectivity index (χ1n) is 7.54. The second-order valence-electron chi connectivity index (χ2n) is 6.34. The normalized spacial score (nSPS) is 29.4. The Morgan fingerprint density at radius 1 is 1.52 bits per heavy atom. The zero-order chi connectivity index (χ0) is 15.0. The molecule has 0 saturated carbocycles. The molecular weight excluding hydrogens is 270 g/mol. The standard InChI is InChI=1S/C15H23N3O3/c1-10-6-12(16-21-10)8-18-5-4-11-7-13(15(19)17(2)3)20-14(11)9-18/h6,11,13-14H,4-5,7-9H2,1-3H3/t11-,13+,14-/m1/s1. The molecule has 2 saturated heterocycles. The van der Waals surface area contributed by atoms with Crippen LogP contribution in [0, 0.1) is 12.8 Å². The van der Waals surface area contributed by atoms with Crippen molar-refractivity contribution in [2.24, 2.45) is 5.92 Å². The van der Waals surface area contributed by atoms with Crippen LogP contribution in [0.2, 0.25) is 0 Å². The summed E-state index contributed by atoms with van der Waals surface area (Å²) in [5, 5.41) is 4.04. The van der Waals surface area contributed by atoms with Crippen molar-refractivity contribution in [3.8, 4) is 0 Å². The van der Waals surface area contributed by atoms with Gasteiger partial charge in [-0.25, -0.2) is 0 Å². The van der Waals surface area contributed by atoms with Crippen molar-refractivity contribution in [2.45, 2.75) is 38.5 Å². The van der Waals surface area contributed by atoms with Crippen LogP contribution in [-0.2, 0) is 16.1 Å². The lowest BCUT2D eigenvalue weighted by Crippen LogP contribution is -2.42. The second-order valence-corrected chi connectivity index (χ2v) is 6.34. The van der Waals surface area contributed by atoms with E-state index < -0.39 is 0 Å². The van der Waals surface area contributed by atoms with Crippen LogP contribution in [0.15, 0.2) is 10.6 Å². The van der Waals surface area contributed by atoms with Crippen LogP contribution in [0.3, 0.4) is 0 Å². The lowest BCUT2D eigenvalue weighted by atomic mass is 9.91. The van der Waals surface area contributed by atoms with E-state index in [1.54, 1.807) is 19.0 Å². The molecule has 3 rings (SSSR count). The molecule has 0 bridgehead atoms. The lowest BCUT2D eigenvalue weighted by molar-refractivity contribution is -0.141. The van der Waals surface area contributed by atoms with Gasteiger partial charge in [0.15, 0.2) is 0 Å². The van der Waals surface area contributed by atoms with E-state index >= 15 is 0 Å². The van der Waals surface area contributed by atoms with Gasteiger partial charge in [0.25, 0.3) is 5.91 Å². The molecule has 2 aliphatic heterocycles. The number of hydrogen-bond acceptors (Lipinski definition) is 5. The third kappa shape index (κ3) is 3.11. The van der Waals surface area contributed by atoms with Gasteiger partial charge in [0.05, 0.1) is 11.8 Å². The van der Waals surface area contributed by atoms with Crippen molar-refractivity contribution < 1.29 is 14.1 Å². The number of nitrogens with zero attached hydrogens (tertiary/aromatic N) is 3. The summed E-state index contributed by atoms with van der Waals surface area (Å²) in [7, 11) is 3.57. The van der Waals surface area contributed by atoms with E-state index in [4.69, 9.17) is 9.26 Å². The third-order valence-corrected chi connectivity index (χ3v) is 4.41. The molecule has 0 aliphatic carbocycles. The van der Waals surface area contributed by atoms with E-state index in [1.165, 1.54) is 0 Å². The summed E-state index contributed by atoms with van der Waals surface area (Å²) in [4.78, 5) is 16.0. The van der Waals surface area contributed by atoms with E-state index in [9.17, 15) is 4.79 Å². The zero-order valence-corrected chi connectivity index (χ0v) is 12.9. The van der Waals surface area contributed by atoms with Crippen molar-refractivity contribution in [3.63, 3.8) is 0 Å². The van der Waals surface area contributed by atoms with Gasteiger partial charge in [0.2, 0.25) is 0 Å². The highest BCUT2D eigenvalue weighted by Crippen LogP contribution is 2.34. The average molecular weight is 293 g/mol. The number of carbonyl (C=O) groups excluding carboxylic acids is 1. The van der Waals surface area contributed by atoms with Gasteiger partial charge in [-0.05, 0) is 32.2 Å². The minimum absolute atomic E-state index is 0.0862. The number of fused-ring (bicyclic) bond motifs is 1. The van der Waals surface area contributed by atoms with Gasteiger partial charge < -0.3 is 14.2 Å². The predicted molar refractivity (Wildman–Crippen MR) is 76.6 cm³/mol. The van der Waals surface area contributed by atoms with E-state index in [0.717, 1.165) is 43.9 Å². The maximum atomic E-state index is 12.0. The number of likely N-dealkylation sites (N-methyl/N-ethyl adjacent to an activating group) is 1. The van der Waals surface area contributed by atoms with Crippen LogP contribution in [0.25, 0.3) is 0 Å². The van der Waals surface area contributed by atoms with E-state index in [2.05, 4.69) is 10.1 Å². The molecule has 116 valence electrons. The fraction of sp³-hybridized carbons (Fsp3) is 0.733. The summed E-state index contributed by atoms with van der Waals surface area (Å²) in [6.07, 6.45) is 1.85. The topological polar surface area (TPSA) is 58.8 Å². The monoisotopic (exact) mass is 293 g/mol. The largest absolute Gasteiger partial charge is 0.364 e. The summed E-state index contributed by atoms with van der Waals surface area (Å²) in [5.41, 5.74) is 0.963. The number of aryl methyl sites for hydroxylation is 1. The SMILES string of the molecule is Cc1cc(CN2CC[C@@H]3C[C@@H](C(=O)N(C)C)O[C@@H]3C2)no1. The minimum atomic E-state index is -0.260. The van der Waals surface area contributed by atoms with Gasteiger partial charge in [-0.2, -0.15) is 0 Å². The van der Waals surface area contributed by atoms with Gasteiger partial charge in [-0.15, -0.1) is 0 Å². The Morgan fingerprint density at radius 3 is 3.00 bits per heavy atom. The molecule has 0 aromatic carbocycles. The van der Waals surface area contributed by atoms with Crippen molar-refractivity contribution in [1.82, 2.24) is 15.0 Å². The first-order valence-corrected chi connectivity index (χ1v) is 7.54. The summed E-state index contributed by atoms with van der Waals surface area (Å²) >= 11 is 0. The summed E-state index contributed by atoms with van der Waals surface area (Å²) < 4.78 is 11.1. The van der Waals surface area contributed by atoms with E-state index in [-0.39, 0.29) is 18.1 Å². The van der Waals surface area contributed by atoms with E-state index in [0.29, 0.717) is 5.92 Å². The van der Waals surface area contributed by atoms with Crippen LogP contribution >= 0.6 is 0 Å². The molecule has 2 fully saturated rings. The van der Waals surface area contributed by atoms with Gasteiger partial charge in [-0.3, -0.25) is 9.69 Å². The smallest absolute Gasteiger partial charge is 0.251 e. The molecular formula is C15H23N3O3. The van der Waals surface area contributed by atoms with Gasteiger partial charge >= 0.3 is 0 Å². The molecule has 1 aromatic heterocycles. The Labute approximate surface area is 125 Å². The first-order chi connectivity index (χ1) is 10.0. The molecule has 0 radical (unpaired) electrons. The molecule has 1 amide bonds. The molecule has 3 atom stereocenters. The number of aromatic nitrogens is 1. The zero-order valence-electron chi connectivity index (χ0n) is 12.9. The fourth-order valence-electron chi connectivity index (χ4n) is 3.31. The molecule has 3 heterocycles. The molecule has 0 spiro atoms. The first kappa shape index (κ1) is 14.5. The minimum Gasteiger partial charge on any atom is -0.364 e. The van der Waals surface area contributed by atoms with Gasteiger partial charge in [-0.1, -0.05) is 5.16 Å². The number of piperidine rings is 1. The number of amides is 1. The Kier molecular flexibility index (Phi) is 3.99. The van der Waals surface area contributed by atoms with E-state index in [1.807, 2.05) is 13.0 Å².